The molecule has 0 aliphatic heterocycles. The first-order chi connectivity index (χ1) is 9.66. The number of Topliss-reactive ketones (excluding diaryl/α,β-unsaturated/α-hetero) is 1. The van der Waals surface area contributed by atoms with Crippen LogP contribution in [0.25, 0.3) is 0 Å². The Kier molecular flexibility index (Phi) is 5.54. The molecule has 0 saturated carbocycles. The molecule has 0 atom stereocenters. The van der Waals surface area contributed by atoms with Crippen LogP contribution in [0.5, 0.6) is 0 Å². The summed E-state index contributed by atoms with van der Waals surface area (Å²) in [6.45, 7) is 5.47. The normalized spacial score (nSPS) is 15.0. The Hall–Kier alpha value is -1.41. The standard InChI is InChI=1S/C18H25NO/c1-14-8-9-17(12-15(14)2)18(20)13-19-11-10-16-6-4-3-5-7-16/h6,8-9,12,19H,3-5,7,10-11,13H2,1-2H3. The van der Waals surface area contributed by atoms with Gasteiger partial charge in [0.25, 0.3) is 0 Å². The predicted molar refractivity (Wildman–Crippen MR) is 84.3 cm³/mol. The Bertz CT molecular complexity index is 502. The molecule has 0 unspecified atom stereocenters. The smallest absolute Gasteiger partial charge is 0.176 e. The lowest BCUT2D eigenvalue weighted by Crippen LogP contribution is -2.24. The monoisotopic (exact) mass is 271 g/mol. The third kappa shape index (κ3) is 4.31. The van der Waals surface area contributed by atoms with Crippen LogP contribution in [0.2, 0.25) is 0 Å². The summed E-state index contributed by atoms with van der Waals surface area (Å²) in [6, 6.07) is 5.94. The zero-order chi connectivity index (χ0) is 14.4. The first kappa shape index (κ1) is 15.0. The van der Waals surface area contributed by atoms with Crippen LogP contribution in [-0.4, -0.2) is 18.9 Å². The number of rotatable bonds is 6. The van der Waals surface area contributed by atoms with Crippen LogP contribution in [0, 0.1) is 13.8 Å². The second kappa shape index (κ2) is 7.39. The molecule has 0 saturated heterocycles. The van der Waals surface area contributed by atoms with Crippen LogP contribution in [-0.2, 0) is 0 Å². The van der Waals surface area contributed by atoms with Crippen molar-refractivity contribution in [1.29, 1.82) is 0 Å². The molecule has 0 aromatic heterocycles. The molecular weight excluding hydrogens is 246 g/mol. The fourth-order valence-electron chi connectivity index (χ4n) is 2.60. The van der Waals surface area contributed by atoms with Crippen LogP contribution in [0.15, 0.2) is 29.8 Å². The summed E-state index contributed by atoms with van der Waals surface area (Å²) in [5.74, 6) is 0.186. The molecule has 0 fully saturated rings. The van der Waals surface area contributed by atoms with Gasteiger partial charge in [0.2, 0.25) is 0 Å². The van der Waals surface area contributed by atoms with Gasteiger partial charge in [-0.25, -0.2) is 0 Å². The van der Waals surface area contributed by atoms with Crippen LogP contribution < -0.4 is 5.32 Å². The highest BCUT2D eigenvalue weighted by atomic mass is 16.1. The highest BCUT2D eigenvalue weighted by Crippen LogP contribution is 2.19. The number of ketones is 1. The molecule has 0 heterocycles. The van der Waals surface area contributed by atoms with Gasteiger partial charge < -0.3 is 5.32 Å². The second-order valence-corrected chi connectivity index (χ2v) is 5.76. The fraction of sp³-hybridized carbons (Fsp3) is 0.500. The van der Waals surface area contributed by atoms with Crippen molar-refractivity contribution in [1.82, 2.24) is 5.32 Å². The van der Waals surface area contributed by atoms with E-state index in [2.05, 4.69) is 25.2 Å². The minimum Gasteiger partial charge on any atom is -0.309 e. The summed E-state index contributed by atoms with van der Waals surface area (Å²) < 4.78 is 0. The zero-order valence-corrected chi connectivity index (χ0v) is 12.7. The van der Waals surface area contributed by atoms with Crippen molar-refractivity contribution < 1.29 is 4.79 Å². The largest absolute Gasteiger partial charge is 0.309 e. The molecule has 0 radical (unpaired) electrons. The first-order valence-electron chi connectivity index (χ1n) is 7.66. The van der Waals surface area contributed by atoms with Gasteiger partial charge in [-0.3, -0.25) is 4.79 Å². The van der Waals surface area contributed by atoms with Crippen molar-refractivity contribution in [3.8, 4) is 0 Å². The maximum Gasteiger partial charge on any atom is 0.176 e. The number of hydrogen-bond acceptors (Lipinski definition) is 2. The van der Waals surface area contributed by atoms with Crippen LogP contribution in [0.3, 0.4) is 0 Å². The number of allylic oxidation sites excluding steroid dienone is 1. The van der Waals surface area contributed by atoms with Crippen LogP contribution in [0.1, 0.15) is 53.6 Å². The molecule has 1 aromatic rings. The van der Waals surface area contributed by atoms with Crippen LogP contribution >= 0.6 is 0 Å². The van der Waals surface area contributed by atoms with Gasteiger partial charge in [-0.05, 0) is 69.7 Å². The molecule has 108 valence electrons. The molecule has 20 heavy (non-hydrogen) atoms. The number of aryl methyl sites for hydroxylation is 2. The number of carbonyl (C=O) groups excluding carboxylic acids is 1. The topological polar surface area (TPSA) is 29.1 Å². The van der Waals surface area contributed by atoms with Gasteiger partial charge in [-0.15, -0.1) is 0 Å². The van der Waals surface area contributed by atoms with E-state index in [9.17, 15) is 4.79 Å². The van der Waals surface area contributed by atoms with Crippen molar-refractivity contribution in [2.75, 3.05) is 13.1 Å². The second-order valence-electron chi connectivity index (χ2n) is 5.76. The Morgan fingerprint density at radius 1 is 1.20 bits per heavy atom. The van der Waals surface area contributed by atoms with Gasteiger partial charge in [0.1, 0.15) is 0 Å². The molecule has 0 amide bonds. The summed E-state index contributed by atoms with van der Waals surface area (Å²) in [4.78, 5) is 12.1. The lowest BCUT2D eigenvalue weighted by Gasteiger charge is -2.12. The van der Waals surface area contributed by atoms with E-state index in [4.69, 9.17) is 0 Å². The number of carbonyl (C=O) groups is 1. The zero-order valence-electron chi connectivity index (χ0n) is 12.7. The number of benzene rings is 1. The quantitative estimate of drug-likeness (QED) is 0.482. The third-order valence-corrected chi connectivity index (χ3v) is 4.12. The van der Waals surface area contributed by atoms with E-state index in [1.54, 1.807) is 5.57 Å². The molecule has 1 aromatic carbocycles. The van der Waals surface area contributed by atoms with E-state index in [1.807, 2.05) is 18.2 Å². The van der Waals surface area contributed by atoms with Crippen molar-refractivity contribution in [3.63, 3.8) is 0 Å². The van der Waals surface area contributed by atoms with Crippen molar-refractivity contribution in [3.05, 3.63) is 46.5 Å². The summed E-state index contributed by atoms with van der Waals surface area (Å²) >= 11 is 0. The van der Waals surface area contributed by atoms with Gasteiger partial charge in [-0.2, -0.15) is 0 Å². The highest BCUT2D eigenvalue weighted by molar-refractivity contribution is 5.97. The Labute approximate surface area is 122 Å². The fourth-order valence-corrected chi connectivity index (χ4v) is 2.60. The Morgan fingerprint density at radius 2 is 2.05 bits per heavy atom. The van der Waals surface area contributed by atoms with Gasteiger partial charge in [0.15, 0.2) is 5.78 Å². The molecule has 2 rings (SSSR count). The average Bonchev–Trinajstić information content (AvgIpc) is 2.47. The lowest BCUT2D eigenvalue weighted by atomic mass is 9.97. The van der Waals surface area contributed by atoms with E-state index in [0.717, 1.165) is 18.5 Å². The van der Waals surface area contributed by atoms with Crippen molar-refractivity contribution >= 4 is 5.78 Å². The SMILES string of the molecule is Cc1ccc(C(=O)CNCCC2=CCCCC2)cc1C. The average molecular weight is 271 g/mol. The van der Waals surface area contributed by atoms with E-state index < -0.39 is 0 Å². The van der Waals surface area contributed by atoms with E-state index >= 15 is 0 Å². The highest BCUT2D eigenvalue weighted by Gasteiger charge is 2.07. The van der Waals surface area contributed by atoms with Crippen molar-refractivity contribution in [2.45, 2.75) is 46.0 Å². The molecule has 1 N–H and O–H groups in total. The third-order valence-electron chi connectivity index (χ3n) is 4.12. The van der Waals surface area contributed by atoms with E-state index in [1.165, 1.54) is 36.8 Å². The number of hydrogen-bond donors (Lipinski definition) is 1. The minimum absolute atomic E-state index is 0.186. The van der Waals surface area contributed by atoms with Gasteiger partial charge in [0.05, 0.1) is 6.54 Å². The Balaban J connectivity index is 1.74. The molecule has 1 aliphatic rings. The molecule has 0 bridgehead atoms. The lowest BCUT2D eigenvalue weighted by molar-refractivity contribution is 0.0991. The predicted octanol–water partition coefficient (Wildman–Crippen LogP) is 3.97. The molecule has 1 aliphatic carbocycles. The van der Waals surface area contributed by atoms with Crippen LogP contribution in [0.4, 0.5) is 0 Å². The van der Waals surface area contributed by atoms with Gasteiger partial charge >= 0.3 is 0 Å². The molecule has 2 heteroatoms. The van der Waals surface area contributed by atoms with E-state index in [-0.39, 0.29) is 5.78 Å². The Morgan fingerprint density at radius 3 is 2.75 bits per heavy atom. The minimum atomic E-state index is 0.186. The van der Waals surface area contributed by atoms with E-state index in [0.29, 0.717) is 6.54 Å². The van der Waals surface area contributed by atoms with Gasteiger partial charge in [0, 0.05) is 5.56 Å². The molecule has 2 nitrogen and oxygen atoms in total. The first-order valence-corrected chi connectivity index (χ1v) is 7.66. The summed E-state index contributed by atoms with van der Waals surface area (Å²) in [7, 11) is 0. The molecule has 0 spiro atoms. The maximum atomic E-state index is 12.1. The number of nitrogens with one attached hydrogen (secondary N) is 1. The van der Waals surface area contributed by atoms with Gasteiger partial charge in [-0.1, -0.05) is 23.8 Å². The summed E-state index contributed by atoms with van der Waals surface area (Å²) in [5.41, 5.74) is 4.79. The molecular formula is C18H25NO. The summed E-state index contributed by atoms with van der Waals surface area (Å²) in [5, 5.41) is 3.27. The maximum absolute atomic E-state index is 12.1. The summed E-state index contributed by atoms with van der Waals surface area (Å²) in [6.07, 6.45) is 8.59. The van der Waals surface area contributed by atoms with Crippen molar-refractivity contribution in [2.24, 2.45) is 0 Å².